The molecule has 7 heteroatoms. The highest BCUT2D eigenvalue weighted by atomic mass is 16.5. The Balaban J connectivity index is 2.48. The van der Waals surface area contributed by atoms with Gasteiger partial charge in [0.05, 0.1) is 12.6 Å². The number of aliphatic hydroxyl groups excluding tert-OH is 1. The van der Waals surface area contributed by atoms with E-state index in [0.717, 1.165) is 0 Å². The lowest BCUT2D eigenvalue weighted by atomic mass is 10.1. The van der Waals surface area contributed by atoms with Crippen LogP contribution in [0.1, 0.15) is 11.9 Å². The fourth-order valence-electron chi connectivity index (χ4n) is 2.04. The first-order chi connectivity index (χ1) is 8.45. The Labute approximate surface area is 103 Å². The molecule has 1 aliphatic heterocycles. The number of aryl methyl sites for hydroxylation is 1. The van der Waals surface area contributed by atoms with E-state index in [1.165, 1.54) is 10.6 Å². The third-order valence-electron chi connectivity index (χ3n) is 3.03. The van der Waals surface area contributed by atoms with Gasteiger partial charge in [-0.15, -0.1) is 0 Å². The van der Waals surface area contributed by atoms with Gasteiger partial charge in [-0.05, 0) is 12.5 Å². The number of hydrogen-bond acceptors (Lipinski definition) is 5. The summed E-state index contributed by atoms with van der Waals surface area (Å²) in [6, 6.07) is 0.744. The predicted molar refractivity (Wildman–Crippen MR) is 64.2 cm³/mol. The van der Waals surface area contributed by atoms with Gasteiger partial charge in [0.25, 0.3) is 5.56 Å². The molecular weight excluding hydrogens is 238 g/mol. The quantitative estimate of drug-likeness (QED) is 0.562. The maximum Gasteiger partial charge on any atom is 0.330 e. The van der Waals surface area contributed by atoms with Gasteiger partial charge in [-0.3, -0.25) is 14.3 Å². The van der Waals surface area contributed by atoms with Crippen molar-refractivity contribution >= 4 is 0 Å². The van der Waals surface area contributed by atoms with Gasteiger partial charge in [0, 0.05) is 11.8 Å². The number of nitrogens with one attached hydrogen (secondary N) is 1. The zero-order valence-electron chi connectivity index (χ0n) is 9.92. The molecule has 1 aromatic heterocycles. The van der Waals surface area contributed by atoms with E-state index in [9.17, 15) is 9.59 Å². The van der Waals surface area contributed by atoms with Gasteiger partial charge in [-0.1, -0.05) is 6.58 Å². The summed E-state index contributed by atoms with van der Waals surface area (Å²) in [5, 5.41) is 9.11. The van der Waals surface area contributed by atoms with Crippen molar-refractivity contribution in [3.05, 3.63) is 44.8 Å². The second kappa shape index (κ2) is 4.52. The van der Waals surface area contributed by atoms with Crippen LogP contribution < -0.4 is 17.0 Å². The van der Waals surface area contributed by atoms with E-state index in [-0.39, 0.29) is 6.61 Å². The fourth-order valence-corrected chi connectivity index (χ4v) is 2.04. The van der Waals surface area contributed by atoms with Crippen LogP contribution in [0, 0.1) is 6.92 Å². The monoisotopic (exact) mass is 253 g/mol. The number of nitrogens with two attached hydrogens (primary N) is 1. The Bertz CT molecular complexity index is 589. The molecule has 1 aromatic rings. The molecule has 0 amide bonds. The van der Waals surface area contributed by atoms with Gasteiger partial charge in [-0.2, -0.15) is 0 Å². The van der Waals surface area contributed by atoms with Crippen molar-refractivity contribution in [2.45, 2.75) is 25.3 Å². The van der Waals surface area contributed by atoms with Crippen molar-refractivity contribution in [2.75, 3.05) is 6.61 Å². The molecule has 1 aliphatic rings. The van der Waals surface area contributed by atoms with Crippen LogP contribution in [0.25, 0.3) is 0 Å². The summed E-state index contributed by atoms with van der Waals surface area (Å²) in [7, 11) is 0. The van der Waals surface area contributed by atoms with E-state index in [2.05, 4.69) is 11.6 Å². The van der Waals surface area contributed by atoms with E-state index in [4.69, 9.17) is 15.6 Å². The third-order valence-corrected chi connectivity index (χ3v) is 3.03. The molecule has 2 heterocycles. The topological polar surface area (TPSA) is 110 Å². The summed E-state index contributed by atoms with van der Waals surface area (Å²) >= 11 is 0. The average molecular weight is 253 g/mol. The smallest absolute Gasteiger partial charge is 0.330 e. The molecule has 0 aliphatic carbocycles. The van der Waals surface area contributed by atoms with E-state index < -0.39 is 29.6 Å². The maximum atomic E-state index is 11.8. The molecule has 1 fully saturated rings. The molecule has 18 heavy (non-hydrogen) atoms. The van der Waals surface area contributed by atoms with Crippen molar-refractivity contribution in [1.29, 1.82) is 0 Å². The van der Waals surface area contributed by atoms with E-state index in [0.29, 0.717) is 11.3 Å². The minimum absolute atomic E-state index is 0.256. The SMILES string of the molecule is C=C1[C@H](n2c(C)cc(=O)[nH]c2=O)O[C@H](CO)[C@H]1N. The summed E-state index contributed by atoms with van der Waals surface area (Å²) < 4.78 is 6.75. The van der Waals surface area contributed by atoms with Crippen LogP contribution in [0.5, 0.6) is 0 Å². The molecule has 1 saturated heterocycles. The highest BCUT2D eigenvalue weighted by Gasteiger charge is 2.37. The Hall–Kier alpha value is -1.70. The first kappa shape index (κ1) is 12.7. The van der Waals surface area contributed by atoms with Gasteiger partial charge < -0.3 is 15.6 Å². The summed E-state index contributed by atoms with van der Waals surface area (Å²) in [5.74, 6) is 0. The van der Waals surface area contributed by atoms with Crippen LogP contribution in [0.15, 0.2) is 27.8 Å². The predicted octanol–water partition coefficient (Wildman–Crippen LogP) is -1.38. The van der Waals surface area contributed by atoms with Gasteiger partial charge in [-0.25, -0.2) is 4.79 Å². The fraction of sp³-hybridized carbons (Fsp3) is 0.455. The van der Waals surface area contributed by atoms with E-state index >= 15 is 0 Å². The summed E-state index contributed by atoms with van der Waals surface area (Å²) in [5.41, 5.74) is 5.70. The standard InChI is InChI=1S/C11H15N3O4/c1-5-3-8(16)13-11(17)14(5)10-6(2)9(12)7(4-15)18-10/h3,7,9-10,15H,2,4,12H2,1H3,(H,13,16,17)/t7-,9+,10-/m1/s1. The van der Waals surface area contributed by atoms with Crippen molar-refractivity contribution in [1.82, 2.24) is 9.55 Å². The van der Waals surface area contributed by atoms with Crippen LogP contribution in [0.3, 0.4) is 0 Å². The molecule has 0 saturated carbocycles. The van der Waals surface area contributed by atoms with E-state index in [1.807, 2.05) is 0 Å². The Morgan fingerprint density at radius 1 is 1.61 bits per heavy atom. The molecule has 0 unspecified atom stereocenters. The normalized spacial score (nSPS) is 27.7. The Morgan fingerprint density at radius 2 is 2.28 bits per heavy atom. The third kappa shape index (κ3) is 1.92. The average Bonchev–Trinajstić information content (AvgIpc) is 2.56. The first-order valence-electron chi connectivity index (χ1n) is 5.48. The molecule has 7 nitrogen and oxygen atoms in total. The van der Waals surface area contributed by atoms with Gasteiger partial charge in [0.2, 0.25) is 0 Å². The number of ether oxygens (including phenoxy) is 1. The van der Waals surface area contributed by atoms with Crippen molar-refractivity contribution < 1.29 is 9.84 Å². The first-order valence-corrected chi connectivity index (χ1v) is 5.48. The summed E-state index contributed by atoms with van der Waals surface area (Å²) in [4.78, 5) is 25.1. The lowest BCUT2D eigenvalue weighted by Crippen LogP contribution is -2.34. The molecule has 0 aromatic carbocycles. The summed E-state index contributed by atoms with van der Waals surface area (Å²) in [6.45, 7) is 5.14. The van der Waals surface area contributed by atoms with Crippen LogP contribution in [-0.2, 0) is 4.74 Å². The molecular formula is C11H15N3O4. The molecule has 98 valence electrons. The number of aliphatic hydroxyl groups is 1. The van der Waals surface area contributed by atoms with Crippen LogP contribution in [0.4, 0.5) is 0 Å². The second-order valence-electron chi connectivity index (χ2n) is 4.26. The van der Waals surface area contributed by atoms with Crippen LogP contribution in [-0.4, -0.2) is 33.4 Å². The zero-order chi connectivity index (χ0) is 13.4. The molecule has 3 atom stereocenters. The minimum atomic E-state index is -0.763. The molecule has 0 bridgehead atoms. The number of aromatic amines is 1. The lowest BCUT2D eigenvalue weighted by molar-refractivity contribution is -0.0213. The number of aromatic nitrogens is 2. The second-order valence-corrected chi connectivity index (χ2v) is 4.26. The number of H-pyrrole nitrogens is 1. The minimum Gasteiger partial charge on any atom is -0.394 e. The van der Waals surface area contributed by atoms with Gasteiger partial charge in [0.1, 0.15) is 6.10 Å². The van der Waals surface area contributed by atoms with Crippen LogP contribution in [0.2, 0.25) is 0 Å². The van der Waals surface area contributed by atoms with Crippen molar-refractivity contribution in [2.24, 2.45) is 5.73 Å². The highest BCUT2D eigenvalue weighted by molar-refractivity contribution is 5.18. The number of nitrogens with zero attached hydrogens (tertiary/aromatic N) is 1. The van der Waals surface area contributed by atoms with Gasteiger partial charge in [0.15, 0.2) is 6.23 Å². The van der Waals surface area contributed by atoms with Gasteiger partial charge >= 0.3 is 5.69 Å². The number of hydrogen-bond donors (Lipinski definition) is 3. The largest absolute Gasteiger partial charge is 0.394 e. The van der Waals surface area contributed by atoms with E-state index in [1.54, 1.807) is 6.92 Å². The molecule has 0 spiro atoms. The van der Waals surface area contributed by atoms with Crippen molar-refractivity contribution in [3.63, 3.8) is 0 Å². The van der Waals surface area contributed by atoms with Crippen molar-refractivity contribution in [3.8, 4) is 0 Å². The van der Waals surface area contributed by atoms with Crippen LogP contribution >= 0.6 is 0 Å². The lowest BCUT2D eigenvalue weighted by Gasteiger charge is -2.17. The number of rotatable bonds is 2. The Kier molecular flexibility index (Phi) is 3.20. The molecule has 4 N–H and O–H groups in total. The Morgan fingerprint density at radius 3 is 2.78 bits per heavy atom. The highest BCUT2D eigenvalue weighted by Crippen LogP contribution is 2.31. The molecule has 0 radical (unpaired) electrons. The summed E-state index contributed by atoms with van der Waals surface area (Å²) in [6.07, 6.45) is -1.36. The molecule has 2 rings (SSSR count). The maximum absolute atomic E-state index is 11.8. The zero-order valence-corrected chi connectivity index (χ0v) is 9.92.